The van der Waals surface area contributed by atoms with Crippen molar-refractivity contribution in [3.05, 3.63) is 51.7 Å². The van der Waals surface area contributed by atoms with E-state index in [0.717, 1.165) is 50.6 Å². The third-order valence-electron chi connectivity index (χ3n) is 5.53. The molecule has 1 N–H and O–H groups in total. The summed E-state index contributed by atoms with van der Waals surface area (Å²) < 4.78 is 13.9. The van der Waals surface area contributed by atoms with E-state index in [-0.39, 0.29) is 17.8 Å². The summed E-state index contributed by atoms with van der Waals surface area (Å²) in [5.41, 5.74) is 0.712. The van der Waals surface area contributed by atoms with Gasteiger partial charge in [-0.3, -0.25) is 14.6 Å². The molecule has 0 bridgehead atoms. The van der Waals surface area contributed by atoms with E-state index in [0.29, 0.717) is 17.0 Å². The molecule has 2 saturated heterocycles. The molecule has 150 valence electrons. The molecular weight excluding hydrogens is 375 g/mol. The van der Waals surface area contributed by atoms with E-state index < -0.39 is 0 Å². The number of aromatic nitrogens is 1. The summed E-state index contributed by atoms with van der Waals surface area (Å²) in [6, 6.07) is 7.01. The smallest absolute Gasteiger partial charge is 0.263 e. The molecule has 0 saturated carbocycles. The second-order valence-electron chi connectivity index (χ2n) is 7.74. The zero-order chi connectivity index (χ0) is 19.3. The summed E-state index contributed by atoms with van der Waals surface area (Å²) in [5, 5.41) is 4.17. The monoisotopic (exact) mass is 402 g/mol. The van der Waals surface area contributed by atoms with Gasteiger partial charge in [0.15, 0.2) is 0 Å². The summed E-state index contributed by atoms with van der Waals surface area (Å²) in [6.07, 6.45) is 6.17. The van der Waals surface area contributed by atoms with Crippen molar-refractivity contribution in [1.82, 2.24) is 20.1 Å². The van der Waals surface area contributed by atoms with Gasteiger partial charge in [0.05, 0.1) is 12.7 Å². The Morgan fingerprint density at radius 2 is 1.93 bits per heavy atom. The minimum absolute atomic E-state index is 0.0390. The zero-order valence-corrected chi connectivity index (χ0v) is 16.9. The van der Waals surface area contributed by atoms with E-state index in [2.05, 4.69) is 20.1 Å². The maximum absolute atomic E-state index is 13.9. The predicted octanol–water partition coefficient (Wildman–Crippen LogP) is 3.27. The van der Waals surface area contributed by atoms with Gasteiger partial charge in [-0.25, -0.2) is 9.37 Å². The normalized spacial score (nSPS) is 21.1. The SMILES string of the molecule is O=C(NC1CCCN(Cc2ccccc2F)C1)c1cnc(CN2CCCC2)s1. The molecular formula is C21H27FN4OS. The molecule has 7 heteroatoms. The van der Waals surface area contributed by atoms with Crippen molar-refractivity contribution in [2.75, 3.05) is 26.2 Å². The average Bonchev–Trinajstić information content (AvgIpc) is 3.37. The molecule has 2 aromatic rings. The predicted molar refractivity (Wildman–Crippen MR) is 109 cm³/mol. The summed E-state index contributed by atoms with van der Waals surface area (Å²) in [4.78, 5) is 22.4. The van der Waals surface area contributed by atoms with E-state index in [1.165, 1.54) is 30.2 Å². The lowest BCUT2D eigenvalue weighted by Crippen LogP contribution is -2.47. The summed E-state index contributed by atoms with van der Waals surface area (Å²) in [7, 11) is 0. The summed E-state index contributed by atoms with van der Waals surface area (Å²) in [6.45, 7) is 5.36. The minimum Gasteiger partial charge on any atom is -0.347 e. The van der Waals surface area contributed by atoms with Crippen LogP contribution in [0.4, 0.5) is 4.39 Å². The van der Waals surface area contributed by atoms with Crippen LogP contribution in [-0.4, -0.2) is 52.9 Å². The van der Waals surface area contributed by atoms with E-state index in [4.69, 9.17) is 0 Å². The van der Waals surface area contributed by atoms with Crippen LogP contribution in [0, 0.1) is 5.82 Å². The van der Waals surface area contributed by atoms with Crippen molar-refractivity contribution in [1.29, 1.82) is 0 Å². The van der Waals surface area contributed by atoms with Gasteiger partial charge in [0, 0.05) is 24.7 Å². The van der Waals surface area contributed by atoms with Crippen molar-refractivity contribution in [3.63, 3.8) is 0 Å². The number of piperidine rings is 1. The number of hydrogen-bond acceptors (Lipinski definition) is 5. The molecule has 1 aromatic heterocycles. The standard InChI is InChI=1S/C21H27FN4OS/c22-18-8-2-1-6-16(18)13-26-11-5-7-17(14-26)24-21(27)19-12-23-20(28-19)15-25-9-3-4-10-25/h1-2,6,8,12,17H,3-5,7,9-11,13-15H2,(H,24,27). The maximum Gasteiger partial charge on any atom is 0.263 e. The van der Waals surface area contributed by atoms with E-state index in [9.17, 15) is 9.18 Å². The number of benzene rings is 1. The number of rotatable bonds is 6. The topological polar surface area (TPSA) is 48.5 Å². The third-order valence-corrected chi connectivity index (χ3v) is 6.51. The number of hydrogen-bond donors (Lipinski definition) is 1. The van der Waals surface area contributed by atoms with Crippen LogP contribution < -0.4 is 5.32 Å². The number of amides is 1. The van der Waals surface area contributed by atoms with E-state index in [1.54, 1.807) is 12.3 Å². The summed E-state index contributed by atoms with van der Waals surface area (Å²) >= 11 is 1.49. The number of carbonyl (C=O) groups excluding carboxylic acids is 1. The Balaban J connectivity index is 1.30. The molecule has 3 heterocycles. The first-order valence-corrected chi connectivity index (χ1v) is 10.9. The van der Waals surface area contributed by atoms with E-state index in [1.807, 2.05) is 12.1 Å². The van der Waals surface area contributed by atoms with Crippen LogP contribution in [0.5, 0.6) is 0 Å². The fraction of sp³-hybridized carbons (Fsp3) is 0.524. The number of likely N-dealkylation sites (tertiary alicyclic amines) is 2. The Labute approximate surface area is 169 Å². The van der Waals surface area contributed by atoms with E-state index >= 15 is 0 Å². The van der Waals surface area contributed by atoms with Gasteiger partial charge in [-0.15, -0.1) is 11.3 Å². The average molecular weight is 403 g/mol. The lowest BCUT2D eigenvalue weighted by Gasteiger charge is -2.33. The van der Waals surface area contributed by atoms with Crippen molar-refractivity contribution < 1.29 is 9.18 Å². The molecule has 1 aromatic carbocycles. The van der Waals surface area contributed by atoms with Gasteiger partial charge in [0.2, 0.25) is 0 Å². The van der Waals surface area contributed by atoms with Crippen LogP contribution in [0.3, 0.4) is 0 Å². The molecule has 5 nitrogen and oxygen atoms in total. The Morgan fingerprint density at radius 1 is 1.14 bits per heavy atom. The van der Waals surface area contributed by atoms with Crippen LogP contribution in [0.1, 0.15) is 45.9 Å². The highest BCUT2D eigenvalue weighted by Gasteiger charge is 2.23. The first-order valence-electron chi connectivity index (χ1n) is 10.1. The second kappa shape index (κ2) is 9.11. The number of thiazole rings is 1. The number of nitrogens with zero attached hydrogens (tertiary/aromatic N) is 3. The first-order chi connectivity index (χ1) is 13.7. The Hall–Kier alpha value is -1.83. The van der Waals surface area contributed by atoms with Gasteiger partial charge < -0.3 is 5.32 Å². The fourth-order valence-corrected chi connectivity index (χ4v) is 4.92. The molecule has 2 aliphatic rings. The highest BCUT2D eigenvalue weighted by atomic mass is 32.1. The number of carbonyl (C=O) groups is 1. The van der Waals surface area contributed by atoms with Gasteiger partial charge in [-0.2, -0.15) is 0 Å². The highest BCUT2D eigenvalue weighted by molar-refractivity contribution is 7.13. The molecule has 4 rings (SSSR count). The Morgan fingerprint density at radius 3 is 2.75 bits per heavy atom. The fourth-order valence-electron chi connectivity index (χ4n) is 4.06. The van der Waals surface area contributed by atoms with Crippen LogP contribution in [-0.2, 0) is 13.1 Å². The lowest BCUT2D eigenvalue weighted by atomic mass is 10.0. The molecule has 1 amide bonds. The van der Waals surface area contributed by atoms with Crippen LogP contribution >= 0.6 is 11.3 Å². The molecule has 0 spiro atoms. The lowest BCUT2D eigenvalue weighted by molar-refractivity contribution is 0.0904. The van der Waals surface area contributed by atoms with Crippen LogP contribution in [0.15, 0.2) is 30.5 Å². The van der Waals surface area contributed by atoms with Crippen molar-refractivity contribution >= 4 is 17.2 Å². The van der Waals surface area contributed by atoms with Gasteiger partial charge in [-0.05, 0) is 51.4 Å². The van der Waals surface area contributed by atoms with Gasteiger partial charge >= 0.3 is 0 Å². The van der Waals surface area contributed by atoms with Crippen LogP contribution in [0.25, 0.3) is 0 Å². The molecule has 1 unspecified atom stereocenters. The van der Waals surface area contributed by atoms with Crippen LogP contribution in [0.2, 0.25) is 0 Å². The molecule has 1 atom stereocenters. The van der Waals surface area contributed by atoms with Gasteiger partial charge in [0.1, 0.15) is 15.7 Å². The molecule has 0 radical (unpaired) electrons. The largest absolute Gasteiger partial charge is 0.347 e. The quantitative estimate of drug-likeness (QED) is 0.806. The van der Waals surface area contributed by atoms with Crippen molar-refractivity contribution in [2.45, 2.75) is 44.8 Å². The molecule has 0 aliphatic carbocycles. The first kappa shape index (κ1) is 19.5. The molecule has 2 aliphatic heterocycles. The van der Waals surface area contributed by atoms with Crippen molar-refractivity contribution in [2.24, 2.45) is 0 Å². The highest BCUT2D eigenvalue weighted by Crippen LogP contribution is 2.20. The van der Waals surface area contributed by atoms with Gasteiger partial charge in [-0.1, -0.05) is 18.2 Å². The number of halogens is 1. The minimum atomic E-state index is -0.163. The second-order valence-corrected chi connectivity index (χ2v) is 8.86. The molecule has 2 fully saturated rings. The third kappa shape index (κ3) is 4.96. The summed E-state index contributed by atoms with van der Waals surface area (Å²) in [5.74, 6) is -0.202. The van der Waals surface area contributed by atoms with Gasteiger partial charge in [0.25, 0.3) is 5.91 Å². The Bertz CT molecular complexity index is 805. The number of nitrogens with one attached hydrogen (secondary N) is 1. The molecule has 28 heavy (non-hydrogen) atoms. The van der Waals surface area contributed by atoms with Crippen molar-refractivity contribution in [3.8, 4) is 0 Å². The maximum atomic E-state index is 13.9. The zero-order valence-electron chi connectivity index (χ0n) is 16.1. The Kier molecular flexibility index (Phi) is 6.34.